The Morgan fingerprint density at radius 3 is 3.14 bits per heavy atom. The SMILES string of the molecule is O=C1N=C(N[C@@H]2COCC[C@H]2O)CS1. The number of nitrogens with one attached hydrogen (secondary N) is 1. The summed E-state index contributed by atoms with van der Waals surface area (Å²) in [5, 5.41) is 12.5. The molecule has 0 aromatic carbocycles. The molecule has 1 saturated heterocycles. The van der Waals surface area contributed by atoms with Crippen molar-refractivity contribution in [3.63, 3.8) is 0 Å². The van der Waals surface area contributed by atoms with Crippen molar-refractivity contribution in [2.45, 2.75) is 18.6 Å². The van der Waals surface area contributed by atoms with E-state index in [-0.39, 0.29) is 11.3 Å². The van der Waals surface area contributed by atoms with Crippen LogP contribution in [0, 0.1) is 0 Å². The van der Waals surface area contributed by atoms with Gasteiger partial charge in [0.2, 0.25) is 0 Å². The smallest absolute Gasteiger partial charge is 0.306 e. The van der Waals surface area contributed by atoms with Gasteiger partial charge in [-0.2, -0.15) is 4.99 Å². The number of carbonyl (C=O) groups excluding carboxylic acids is 1. The van der Waals surface area contributed by atoms with Crippen molar-refractivity contribution in [1.82, 2.24) is 5.32 Å². The minimum Gasteiger partial charge on any atom is -0.391 e. The number of aliphatic hydroxyl groups is 1. The molecule has 1 amide bonds. The molecule has 2 atom stereocenters. The summed E-state index contributed by atoms with van der Waals surface area (Å²) in [6.45, 7) is 1.07. The highest BCUT2D eigenvalue weighted by atomic mass is 32.2. The van der Waals surface area contributed by atoms with Crippen LogP contribution >= 0.6 is 11.8 Å². The van der Waals surface area contributed by atoms with Crippen LogP contribution in [-0.2, 0) is 4.74 Å². The van der Waals surface area contributed by atoms with Gasteiger partial charge in [0.15, 0.2) is 0 Å². The van der Waals surface area contributed by atoms with Crippen LogP contribution in [0.3, 0.4) is 0 Å². The maximum atomic E-state index is 10.8. The lowest BCUT2D eigenvalue weighted by molar-refractivity contribution is -0.00953. The first kappa shape index (κ1) is 9.95. The van der Waals surface area contributed by atoms with Gasteiger partial charge in [0.25, 0.3) is 0 Å². The highest BCUT2D eigenvalue weighted by Crippen LogP contribution is 2.14. The summed E-state index contributed by atoms with van der Waals surface area (Å²) >= 11 is 1.17. The van der Waals surface area contributed by atoms with Gasteiger partial charge >= 0.3 is 5.24 Å². The second-order valence-electron chi connectivity index (χ2n) is 3.29. The Morgan fingerprint density at radius 2 is 2.50 bits per heavy atom. The largest absolute Gasteiger partial charge is 0.391 e. The van der Waals surface area contributed by atoms with E-state index in [2.05, 4.69) is 10.3 Å². The van der Waals surface area contributed by atoms with Crippen LogP contribution in [0.5, 0.6) is 0 Å². The molecule has 78 valence electrons. The zero-order valence-corrected chi connectivity index (χ0v) is 8.42. The summed E-state index contributed by atoms with van der Waals surface area (Å²) in [6, 6.07) is -0.131. The summed E-state index contributed by atoms with van der Waals surface area (Å²) < 4.78 is 5.22. The molecule has 0 aliphatic carbocycles. The Labute approximate surface area is 85.9 Å². The normalized spacial score (nSPS) is 32.9. The third-order valence-electron chi connectivity index (χ3n) is 2.23. The van der Waals surface area contributed by atoms with Gasteiger partial charge in [-0.15, -0.1) is 0 Å². The second kappa shape index (κ2) is 4.29. The first-order chi connectivity index (χ1) is 6.75. The lowest BCUT2D eigenvalue weighted by Crippen LogP contribution is -2.49. The third kappa shape index (κ3) is 2.26. The molecule has 0 bridgehead atoms. The zero-order chi connectivity index (χ0) is 9.97. The maximum Gasteiger partial charge on any atom is 0.306 e. The minimum atomic E-state index is -0.410. The standard InChI is InChI=1S/C8H12N2O3S/c11-6-1-2-13-3-5(6)9-7-4-14-8(12)10-7/h5-6,11H,1-4H2,(H,9,10,12)/t5-,6-/m1/s1. The van der Waals surface area contributed by atoms with Gasteiger partial charge in [0.1, 0.15) is 5.84 Å². The molecule has 2 N–H and O–H groups in total. The maximum absolute atomic E-state index is 10.8. The van der Waals surface area contributed by atoms with Crippen molar-refractivity contribution in [2.24, 2.45) is 4.99 Å². The first-order valence-electron chi connectivity index (χ1n) is 4.52. The molecular weight excluding hydrogens is 204 g/mol. The molecular formula is C8H12N2O3S. The van der Waals surface area contributed by atoms with E-state index in [1.54, 1.807) is 0 Å². The van der Waals surface area contributed by atoms with Crippen molar-refractivity contribution in [1.29, 1.82) is 0 Å². The molecule has 2 aliphatic heterocycles. The molecule has 0 radical (unpaired) electrons. The molecule has 0 spiro atoms. The monoisotopic (exact) mass is 216 g/mol. The number of rotatable bonds is 1. The number of hydrogen-bond acceptors (Lipinski definition) is 5. The predicted octanol–water partition coefficient (Wildman–Crippen LogP) is -0.00890. The number of amides is 1. The van der Waals surface area contributed by atoms with Gasteiger partial charge < -0.3 is 15.2 Å². The molecule has 2 aliphatic rings. The first-order valence-corrected chi connectivity index (χ1v) is 5.51. The molecule has 6 heteroatoms. The number of aliphatic hydroxyl groups excluding tert-OH is 1. The second-order valence-corrected chi connectivity index (χ2v) is 4.22. The fourth-order valence-corrected chi connectivity index (χ4v) is 2.04. The summed E-state index contributed by atoms with van der Waals surface area (Å²) in [5.41, 5.74) is 0. The Bertz CT molecular complexity index is 269. The Hall–Kier alpha value is -0.590. The zero-order valence-electron chi connectivity index (χ0n) is 7.60. The van der Waals surface area contributed by atoms with Crippen LogP contribution in [0.1, 0.15) is 6.42 Å². The van der Waals surface area contributed by atoms with E-state index < -0.39 is 6.10 Å². The van der Waals surface area contributed by atoms with E-state index >= 15 is 0 Å². The van der Waals surface area contributed by atoms with Crippen LogP contribution in [0.25, 0.3) is 0 Å². The Balaban J connectivity index is 1.89. The summed E-state index contributed by atoms with van der Waals surface area (Å²) in [4.78, 5) is 14.6. The van der Waals surface area contributed by atoms with E-state index in [0.29, 0.717) is 31.2 Å². The van der Waals surface area contributed by atoms with E-state index in [1.807, 2.05) is 0 Å². The molecule has 14 heavy (non-hydrogen) atoms. The van der Waals surface area contributed by atoms with E-state index in [9.17, 15) is 9.90 Å². The van der Waals surface area contributed by atoms with Crippen LogP contribution in [0.2, 0.25) is 0 Å². The number of hydrogen-bond donors (Lipinski definition) is 2. The molecule has 5 nitrogen and oxygen atoms in total. The lowest BCUT2D eigenvalue weighted by Gasteiger charge is -2.28. The number of carbonyl (C=O) groups is 1. The van der Waals surface area contributed by atoms with Gasteiger partial charge in [0, 0.05) is 6.61 Å². The van der Waals surface area contributed by atoms with Crippen molar-refractivity contribution < 1.29 is 14.6 Å². The number of amidine groups is 1. The summed E-state index contributed by atoms with van der Waals surface area (Å²) in [5.74, 6) is 1.22. The van der Waals surface area contributed by atoms with Gasteiger partial charge in [-0.25, -0.2) is 0 Å². The van der Waals surface area contributed by atoms with Crippen molar-refractivity contribution in [3.8, 4) is 0 Å². The van der Waals surface area contributed by atoms with Gasteiger partial charge in [0.05, 0.1) is 24.5 Å². The van der Waals surface area contributed by atoms with Crippen LogP contribution in [0.4, 0.5) is 4.79 Å². The van der Waals surface area contributed by atoms with E-state index in [1.165, 1.54) is 11.8 Å². The van der Waals surface area contributed by atoms with Crippen LogP contribution < -0.4 is 5.32 Å². The lowest BCUT2D eigenvalue weighted by atomic mass is 10.1. The van der Waals surface area contributed by atoms with E-state index in [0.717, 1.165) is 0 Å². The quantitative estimate of drug-likeness (QED) is 0.645. The number of ether oxygens (including phenoxy) is 1. The molecule has 0 saturated carbocycles. The molecule has 0 aromatic heterocycles. The van der Waals surface area contributed by atoms with Crippen LogP contribution in [0.15, 0.2) is 4.99 Å². The highest BCUT2D eigenvalue weighted by Gasteiger charge is 2.26. The average molecular weight is 216 g/mol. The fraction of sp³-hybridized carbons (Fsp3) is 0.750. The van der Waals surface area contributed by atoms with Gasteiger partial charge in [-0.05, 0) is 6.42 Å². The number of nitrogens with zero attached hydrogens (tertiary/aromatic N) is 1. The molecule has 1 fully saturated rings. The van der Waals surface area contributed by atoms with E-state index in [4.69, 9.17) is 4.74 Å². The molecule has 0 unspecified atom stereocenters. The molecule has 2 rings (SSSR count). The molecule has 2 heterocycles. The topological polar surface area (TPSA) is 70.9 Å². The fourth-order valence-electron chi connectivity index (χ4n) is 1.46. The van der Waals surface area contributed by atoms with Gasteiger partial charge in [-0.3, -0.25) is 4.79 Å². The molecule has 0 aromatic rings. The number of aliphatic imine (C=N–C) groups is 1. The average Bonchev–Trinajstić information content (AvgIpc) is 2.56. The van der Waals surface area contributed by atoms with Crippen LogP contribution in [-0.4, -0.2) is 47.3 Å². The van der Waals surface area contributed by atoms with Crippen molar-refractivity contribution in [3.05, 3.63) is 0 Å². The Kier molecular flexibility index (Phi) is 3.05. The summed E-state index contributed by atoms with van der Waals surface area (Å²) in [7, 11) is 0. The van der Waals surface area contributed by atoms with Crippen molar-refractivity contribution in [2.75, 3.05) is 19.0 Å². The highest BCUT2D eigenvalue weighted by molar-refractivity contribution is 8.14. The minimum absolute atomic E-state index is 0.131. The summed E-state index contributed by atoms with van der Waals surface area (Å²) in [6.07, 6.45) is 0.221. The predicted molar refractivity (Wildman–Crippen MR) is 53.7 cm³/mol. The third-order valence-corrected chi connectivity index (χ3v) is 2.99. The van der Waals surface area contributed by atoms with Gasteiger partial charge in [-0.1, -0.05) is 11.8 Å². The van der Waals surface area contributed by atoms with Crippen molar-refractivity contribution >= 4 is 22.8 Å². The Morgan fingerprint density at radius 1 is 1.64 bits per heavy atom. The number of thioether (sulfide) groups is 1.